The van der Waals surface area contributed by atoms with Gasteiger partial charge in [-0.3, -0.25) is 0 Å². The van der Waals surface area contributed by atoms with E-state index in [1.54, 1.807) is 20.8 Å². The van der Waals surface area contributed by atoms with E-state index < -0.39 is 56.4 Å². The first kappa shape index (κ1) is 32.8. The number of fused-ring (bicyclic) bond motifs is 1. The van der Waals surface area contributed by atoms with Gasteiger partial charge in [-0.2, -0.15) is 31.4 Å². The second-order valence-electron chi connectivity index (χ2n) is 9.38. The Bertz CT molecular complexity index is 1690. The number of alkyl halides is 6. The van der Waals surface area contributed by atoms with Gasteiger partial charge in [0.1, 0.15) is 9.77 Å². The van der Waals surface area contributed by atoms with E-state index in [9.17, 15) is 39.6 Å². The third-order valence-electron chi connectivity index (χ3n) is 5.47. The molecular formula is C24H22F6N5O5S2-. The van der Waals surface area contributed by atoms with Crippen LogP contribution in [0.15, 0.2) is 46.8 Å². The number of hydrogen-bond acceptors (Lipinski definition) is 7. The Labute approximate surface area is 238 Å². The second-order valence-corrected chi connectivity index (χ2v) is 12.5. The molecule has 3 heterocycles. The third-order valence-corrected chi connectivity index (χ3v) is 8.69. The Kier molecular flexibility index (Phi) is 8.98. The van der Waals surface area contributed by atoms with Crippen LogP contribution in [0.5, 0.6) is 0 Å². The van der Waals surface area contributed by atoms with Gasteiger partial charge in [-0.05, 0) is 49.9 Å². The summed E-state index contributed by atoms with van der Waals surface area (Å²) in [5.41, 5.74) is 2.99. The van der Waals surface area contributed by atoms with Crippen molar-refractivity contribution in [2.24, 2.45) is 0 Å². The summed E-state index contributed by atoms with van der Waals surface area (Å²) in [6.07, 6.45) is -8.77. The maximum absolute atomic E-state index is 13.3. The first-order chi connectivity index (χ1) is 19.2. The van der Waals surface area contributed by atoms with Crippen LogP contribution in [0.4, 0.5) is 32.0 Å². The first-order valence-electron chi connectivity index (χ1n) is 11.5. The first-order valence-corrected chi connectivity index (χ1v) is 13.8. The number of aromatic carboxylic acids is 1. The van der Waals surface area contributed by atoms with Gasteiger partial charge < -0.3 is 15.9 Å². The molecule has 228 valence electrons. The van der Waals surface area contributed by atoms with Crippen LogP contribution in [0, 0.1) is 6.92 Å². The van der Waals surface area contributed by atoms with Crippen LogP contribution in [-0.2, 0) is 22.4 Å². The molecule has 0 fully saturated rings. The van der Waals surface area contributed by atoms with Gasteiger partial charge >= 0.3 is 18.3 Å². The van der Waals surface area contributed by atoms with Gasteiger partial charge in [-0.1, -0.05) is 12.1 Å². The molecule has 18 heteroatoms. The number of sulfonamides is 1. The third kappa shape index (κ3) is 7.36. The lowest BCUT2D eigenvalue weighted by atomic mass is 10.1. The van der Waals surface area contributed by atoms with Crippen LogP contribution in [0.25, 0.3) is 22.6 Å². The summed E-state index contributed by atoms with van der Waals surface area (Å²) in [6, 6.07) is 5.22. The van der Waals surface area contributed by atoms with Crippen LogP contribution >= 0.6 is 11.3 Å². The summed E-state index contributed by atoms with van der Waals surface area (Å²) in [5, 5.41) is 21.4. The fourth-order valence-electron chi connectivity index (χ4n) is 3.33. The van der Waals surface area contributed by atoms with Crippen molar-refractivity contribution in [2.45, 2.75) is 42.9 Å². The summed E-state index contributed by atoms with van der Waals surface area (Å²) >= 11 is 1.05. The highest BCUT2D eigenvalue weighted by molar-refractivity contribution is 7.91. The summed E-state index contributed by atoms with van der Waals surface area (Å²) in [4.78, 5) is 15.6. The number of aromatic nitrogens is 3. The molecule has 0 unspecified atom stereocenters. The van der Waals surface area contributed by atoms with Crippen molar-refractivity contribution in [1.29, 1.82) is 0 Å². The number of aryl methyl sites for hydroxylation is 1. The van der Waals surface area contributed by atoms with E-state index in [4.69, 9.17) is 15.9 Å². The molecule has 0 saturated heterocycles. The Morgan fingerprint density at radius 2 is 1.67 bits per heavy atom. The molecule has 0 atom stereocenters. The molecule has 0 saturated carbocycles. The predicted molar refractivity (Wildman–Crippen MR) is 140 cm³/mol. The maximum atomic E-state index is 13.3. The number of rotatable bonds is 6. The van der Waals surface area contributed by atoms with Crippen molar-refractivity contribution in [3.8, 4) is 11.3 Å². The average molecular weight is 639 g/mol. The zero-order valence-electron chi connectivity index (χ0n) is 21.8. The number of carbonyl (C=O) groups is 1. The molecule has 1 aromatic carbocycles. The zero-order chi connectivity index (χ0) is 31.8. The minimum Gasteiger partial charge on any atom is -0.698 e. The number of nitrogens with one attached hydrogen (secondary N) is 2. The van der Waals surface area contributed by atoms with E-state index in [-0.39, 0.29) is 27.8 Å². The predicted octanol–water partition coefficient (Wildman–Crippen LogP) is 5.92. The highest BCUT2D eigenvalue weighted by Crippen LogP contribution is 2.35. The molecular weight excluding hydrogens is 616 g/mol. The Morgan fingerprint density at radius 1 is 1.07 bits per heavy atom. The van der Waals surface area contributed by atoms with Crippen molar-refractivity contribution in [1.82, 2.24) is 19.3 Å². The van der Waals surface area contributed by atoms with Crippen molar-refractivity contribution in [2.75, 3.05) is 6.61 Å². The molecule has 0 aliphatic rings. The summed E-state index contributed by atoms with van der Waals surface area (Å²) < 4.78 is 104. The second kappa shape index (κ2) is 11.5. The molecule has 0 amide bonds. The average Bonchev–Trinajstić information content (AvgIpc) is 3.45. The van der Waals surface area contributed by atoms with E-state index in [0.717, 1.165) is 29.7 Å². The highest BCUT2D eigenvalue weighted by atomic mass is 32.2. The largest absolute Gasteiger partial charge is 0.698 e. The molecule has 0 aliphatic heterocycles. The minimum atomic E-state index is -4.89. The summed E-state index contributed by atoms with van der Waals surface area (Å²) in [5.74, 6) is -1.54. The van der Waals surface area contributed by atoms with Crippen molar-refractivity contribution in [3.05, 3.63) is 70.0 Å². The smallest absolute Gasteiger partial charge is 0.433 e. The van der Waals surface area contributed by atoms with Crippen LogP contribution in [0.3, 0.4) is 0 Å². The SMILES string of the molecule is Cc1sc(S(=O)(=O)NC(C)(C)CO)cc1[NH-].O=C(O)c1cnn2c(C(F)(F)F)cc(-c3ccc(C(F)(F)F)cc3)nc12. The lowest BCUT2D eigenvalue weighted by Crippen LogP contribution is -2.45. The van der Waals surface area contributed by atoms with Gasteiger partial charge in [0.2, 0.25) is 0 Å². The van der Waals surface area contributed by atoms with E-state index in [1.807, 2.05) is 0 Å². The van der Waals surface area contributed by atoms with Gasteiger partial charge in [0, 0.05) is 5.56 Å². The van der Waals surface area contributed by atoms with Gasteiger partial charge in [0.05, 0.1) is 29.6 Å². The molecule has 0 bridgehead atoms. The topological polar surface area (TPSA) is 158 Å². The van der Waals surface area contributed by atoms with Gasteiger partial charge in [-0.15, -0.1) is 17.0 Å². The summed E-state index contributed by atoms with van der Waals surface area (Å²) in [7, 11) is -3.64. The van der Waals surface area contributed by atoms with E-state index in [0.29, 0.717) is 27.6 Å². The van der Waals surface area contributed by atoms with Gasteiger partial charge in [-0.25, -0.2) is 27.4 Å². The highest BCUT2D eigenvalue weighted by Gasteiger charge is 2.36. The monoisotopic (exact) mass is 638 g/mol. The molecule has 4 aromatic rings. The number of nitrogens with zero attached hydrogens (tertiary/aromatic N) is 3. The number of thiophene rings is 1. The fraction of sp³-hybridized carbons (Fsp3) is 0.292. The lowest BCUT2D eigenvalue weighted by molar-refractivity contribution is -0.142. The number of aliphatic hydroxyl groups excluding tert-OH is 1. The van der Waals surface area contributed by atoms with Crippen molar-refractivity contribution in [3.63, 3.8) is 0 Å². The zero-order valence-corrected chi connectivity index (χ0v) is 23.4. The van der Waals surface area contributed by atoms with Crippen LogP contribution in [-0.4, -0.2) is 51.3 Å². The quantitative estimate of drug-likeness (QED) is 0.221. The molecule has 3 aromatic heterocycles. The number of aliphatic hydroxyl groups is 1. The van der Waals surface area contributed by atoms with Crippen LogP contribution in [0.1, 0.15) is 40.3 Å². The van der Waals surface area contributed by atoms with E-state index >= 15 is 0 Å². The fourth-order valence-corrected chi connectivity index (χ4v) is 6.08. The molecule has 0 spiro atoms. The molecule has 10 nitrogen and oxygen atoms in total. The number of carboxylic acid groups (broad SMARTS) is 1. The molecule has 4 rings (SSSR count). The molecule has 4 N–H and O–H groups in total. The molecule has 0 radical (unpaired) electrons. The standard InChI is InChI=1S/C15H7F6N3O2.C9H15N2O3S2/c16-14(17,18)8-3-1-7(2-4-8)10-5-11(15(19,20)21)24-12(23-10)9(6-22-24)13(25)26;1-6-7(10)4-8(15-6)16(13,14)11-9(2,3)5-12/h1-6H,(H,25,26);4,10-12H,5H2,1-3H3/q;-1. The van der Waals surface area contributed by atoms with Crippen LogP contribution in [0.2, 0.25) is 0 Å². The Hall–Kier alpha value is -3.74. The number of halogens is 6. The lowest BCUT2D eigenvalue weighted by Gasteiger charge is -2.22. The maximum Gasteiger partial charge on any atom is 0.433 e. The van der Waals surface area contributed by atoms with E-state index in [1.165, 1.54) is 6.07 Å². The number of carboxylic acids is 1. The molecule has 0 aliphatic carbocycles. The number of benzene rings is 1. The molecule has 42 heavy (non-hydrogen) atoms. The van der Waals surface area contributed by atoms with Gasteiger partial charge in [0.15, 0.2) is 11.3 Å². The normalized spacial score (nSPS) is 12.7. The van der Waals surface area contributed by atoms with Gasteiger partial charge in [0.25, 0.3) is 10.0 Å². The number of hydrogen-bond donors (Lipinski definition) is 3. The summed E-state index contributed by atoms with van der Waals surface area (Å²) in [6.45, 7) is 4.59. The Morgan fingerprint density at radius 3 is 2.12 bits per heavy atom. The van der Waals surface area contributed by atoms with Crippen molar-refractivity contribution >= 4 is 38.7 Å². The van der Waals surface area contributed by atoms with E-state index in [2.05, 4.69) is 14.8 Å². The van der Waals surface area contributed by atoms with Crippen molar-refractivity contribution < 1.29 is 49.8 Å². The van der Waals surface area contributed by atoms with Crippen LogP contribution < -0.4 is 4.72 Å². The Balaban J connectivity index is 0.000000260. The minimum absolute atomic E-state index is 0.0384.